The molecule has 2 aromatic heterocycles. The first kappa shape index (κ1) is 26.5. The van der Waals surface area contributed by atoms with E-state index in [9.17, 15) is 23.1 Å². The second kappa shape index (κ2) is 9.74. The van der Waals surface area contributed by atoms with E-state index in [2.05, 4.69) is 27.6 Å². The predicted octanol–water partition coefficient (Wildman–Crippen LogP) is 3.06. The molecule has 2 saturated heterocycles. The van der Waals surface area contributed by atoms with Crippen LogP contribution in [-0.2, 0) is 18.1 Å². The van der Waals surface area contributed by atoms with E-state index in [4.69, 9.17) is 0 Å². The number of hydrogen-bond donors (Lipinski definition) is 3. The lowest BCUT2D eigenvalue weighted by molar-refractivity contribution is -0.136. The summed E-state index contributed by atoms with van der Waals surface area (Å²) in [6, 6.07) is 8.57. The number of aliphatic hydroxyl groups is 1. The fourth-order valence-corrected chi connectivity index (χ4v) is 6.82. The predicted molar refractivity (Wildman–Crippen MR) is 141 cm³/mol. The van der Waals surface area contributed by atoms with Crippen molar-refractivity contribution in [3.8, 4) is 5.69 Å². The lowest BCUT2D eigenvalue weighted by atomic mass is 9.60. The zero-order chi connectivity index (χ0) is 27.5. The summed E-state index contributed by atoms with van der Waals surface area (Å²) in [5.41, 5.74) is 6.42. The van der Waals surface area contributed by atoms with E-state index < -0.39 is 28.9 Å². The molecule has 6 rings (SSSR count). The number of hydrogen-bond acceptors (Lipinski definition) is 6. The third-order valence-electron chi connectivity index (χ3n) is 8.71. The van der Waals surface area contributed by atoms with Crippen LogP contribution < -0.4 is 16.5 Å². The smallest absolute Gasteiger partial charge is 0.393 e. The minimum atomic E-state index is -4.60. The number of aromatic nitrogens is 2. The second-order valence-electron chi connectivity index (χ2n) is 11.7. The van der Waals surface area contributed by atoms with Gasteiger partial charge >= 0.3 is 11.9 Å². The summed E-state index contributed by atoms with van der Waals surface area (Å²) in [5, 5.41) is 10.2. The van der Waals surface area contributed by atoms with Crippen molar-refractivity contribution in [2.75, 3.05) is 26.8 Å². The third kappa shape index (κ3) is 4.70. The number of likely N-dealkylation sites (tertiary alicyclic amines) is 1. The molecule has 3 aliphatic rings. The van der Waals surface area contributed by atoms with Gasteiger partial charge in [0.1, 0.15) is 0 Å². The molecule has 0 bridgehead atoms. The number of nitrogens with one attached hydrogen (secondary N) is 2. The van der Waals surface area contributed by atoms with Crippen LogP contribution in [0.3, 0.4) is 0 Å². The minimum absolute atomic E-state index is 0.0714. The number of pyridine rings is 1. The lowest BCUT2D eigenvalue weighted by Crippen LogP contribution is -2.60. The molecule has 1 unspecified atom stereocenters. The standard InChI is InChI=1S/C28H35F3N6O2/c1-18-5-4-8-35(13-18)14-19-9-23(28(29,30)31)24-16-36(26(39)37(24)15-19)21-7-3-6-20(10-21)27(11-22(38)12-27)25-33-32-17-34(25)2/h3,6-7,9-10,15-16,18,22,25,32-33,38H,4-5,8,11-14,17H2,1-2H3/t18-,22-,25?,27+/m0/s1. The van der Waals surface area contributed by atoms with Gasteiger partial charge in [0, 0.05) is 30.9 Å². The lowest BCUT2D eigenvalue weighted by Gasteiger charge is -2.51. The van der Waals surface area contributed by atoms with Crippen molar-refractivity contribution in [1.82, 2.24) is 29.6 Å². The zero-order valence-corrected chi connectivity index (χ0v) is 22.2. The Hall–Kier alpha value is -2.70. The number of hydrazine groups is 1. The van der Waals surface area contributed by atoms with Crippen LogP contribution in [0.5, 0.6) is 0 Å². The number of likely N-dealkylation sites (N-methyl/N-ethyl adjacent to an activating group) is 1. The van der Waals surface area contributed by atoms with Gasteiger partial charge in [-0.3, -0.25) is 18.8 Å². The van der Waals surface area contributed by atoms with Crippen molar-refractivity contribution < 1.29 is 18.3 Å². The van der Waals surface area contributed by atoms with Gasteiger partial charge in [0.05, 0.1) is 35.7 Å². The first-order valence-electron chi connectivity index (χ1n) is 13.6. The zero-order valence-electron chi connectivity index (χ0n) is 22.2. The van der Waals surface area contributed by atoms with Gasteiger partial charge in [-0.05, 0) is 74.5 Å². The Balaban J connectivity index is 1.41. The Morgan fingerprint density at radius 2 is 1.97 bits per heavy atom. The van der Waals surface area contributed by atoms with Crippen LogP contribution in [0.1, 0.15) is 49.3 Å². The van der Waals surface area contributed by atoms with Crippen molar-refractivity contribution in [1.29, 1.82) is 0 Å². The van der Waals surface area contributed by atoms with Crippen molar-refractivity contribution in [3.63, 3.8) is 0 Å². The molecular weight excluding hydrogens is 509 g/mol. The summed E-state index contributed by atoms with van der Waals surface area (Å²) in [6.45, 7) is 4.84. The van der Waals surface area contributed by atoms with E-state index in [0.29, 0.717) is 43.2 Å². The molecule has 8 nitrogen and oxygen atoms in total. The molecule has 3 fully saturated rings. The Bertz CT molecular complexity index is 1430. The van der Waals surface area contributed by atoms with Gasteiger partial charge in [-0.1, -0.05) is 19.1 Å². The van der Waals surface area contributed by atoms with Gasteiger partial charge < -0.3 is 5.11 Å². The van der Waals surface area contributed by atoms with Crippen molar-refractivity contribution in [3.05, 3.63) is 69.9 Å². The molecule has 1 aliphatic carbocycles. The molecule has 1 aromatic carbocycles. The summed E-state index contributed by atoms with van der Waals surface area (Å²) in [6.07, 6.45) is 0.970. The van der Waals surface area contributed by atoms with Gasteiger partial charge in [-0.15, -0.1) is 0 Å². The normalized spacial score (nSPS) is 28.7. The van der Waals surface area contributed by atoms with Gasteiger partial charge in [0.2, 0.25) is 0 Å². The van der Waals surface area contributed by atoms with Crippen LogP contribution in [0.2, 0.25) is 0 Å². The number of benzene rings is 1. The fraction of sp³-hybridized carbons (Fsp3) is 0.536. The van der Waals surface area contributed by atoms with Gasteiger partial charge in [-0.2, -0.15) is 13.2 Å². The highest BCUT2D eigenvalue weighted by Gasteiger charge is 2.53. The number of piperidine rings is 1. The summed E-state index contributed by atoms with van der Waals surface area (Å²) >= 11 is 0. The monoisotopic (exact) mass is 544 g/mol. The third-order valence-corrected chi connectivity index (χ3v) is 8.71. The first-order valence-corrected chi connectivity index (χ1v) is 13.6. The number of rotatable bonds is 5. The van der Waals surface area contributed by atoms with Crippen molar-refractivity contribution in [2.45, 2.75) is 63.0 Å². The molecule has 210 valence electrons. The van der Waals surface area contributed by atoms with Crippen LogP contribution in [0.4, 0.5) is 13.2 Å². The van der Waals surface area contributed by atoms with E-state index >= 15 is 0 Å². The van der Waals surface area contributed by atoms with E-state index in [-0.39, 0.29) is 11.7 Å². The summed E-state index contributed by atoms with van der Waals surface area (Å²) in [4.78, 5) is 17.9. The molecule has 11 heteroatoms. The number of nitrogens with zero attached hydrogens (tertiary/aromatic N) is 4. The highest BCUT2D eigenvalue weighted by molar-refractivity contribution is 5.58. The maximum absolute atomic E-state index is 14.2. The molecule has 39 heavy (non-hydrogen) atoms. The molecule has 0 spiro atoms. The van der Waals surface area contributed by atoms with Gasteiger partial charge in [-0.25, -0.2) is 15.6 Å². The highest BCUT2D eigenvalue weighted by atomic mass is 19.4. The summed E-state index contributed by atoms with van der Waals surface area (Å²) < 4.78 is 45.1. The maximum Gasteiger partial charge on any atom is 0.418 e. The largest absolute Gasteiger partial charge is 0.418 e. The van der Waals surface area contributed by atoms with Crippen LogP contribution in [0.25, 0.3) is 11.2 Å². The number of fused-ring (bicyclic) bond motifs is 1. The average Bonchev–Trinajstić information content (AvgIpc) is 3.44. The van der Waals surface area contributed by atoms with Gasteiger partial charge in [0.25, 0.3) is 0 Å². The summed E-state index contributed by atoms with van der Waals surface area (Å²) in [7, 11) is 1.99. The SMILES string of the molecule is C[C@H]1CCCN(Cc2cc(C(F)(F)F)c3cn(-c4cccc([C@]5(C6NNCN6C)C[C@@H](O)C5)c4)c(=O)n3c2)C1. The highest BCUT2D eigenvalue weighted by Crippen LogP contribution is 2.48. The maximum atomic E-state index is 14.2. The first-order chi connectivity index (χ1) is 18.5. The van der Waals surface area contributed by atoms with E-state index in [0.717, 1.165) is 35.9 Å². The van der Waals surface area contributed by atoms with Gasteiger partial charge in [0.15, 0.2) is 0 Å². The molecule has 3 aromatic rings. The fourth-order valence-electron chi connectivity index (χ4n) is 6.82. The van der Waals surface area contributed by atoms with Crippen molar-refractivity contribution >= 4 is 5.52 Å². The number of imidazole rings is 1. The molecular formula is C28H35F3N6O2. The van der Waals surface area contributed by atoms with Crippen LogP contribution >= 0.6 is 0 Å². The number of aliphatic hydroxyl groups excluding tert-OH is 1. The molecule has 2 atom stereocenters. The quantitative estimate of drug-likeness (QED) is 0.459. The van der Waals surface area contributed by atoms with E-state index in [1.807, 2.05) is 25.2 Å². The number of alkyl halides is 3. The Morgan fingerprint density at radius 3 is 2.64 bits per heavy atom. The molecule has 1 saturated carbocycles. The van der Waals surface area contributed by atoms with E-state index in [1.165, 1.54) is 16.8 Å². The average molecular weight is 545 g/mol. The van der Waals surface area contributed by atoms with Crippen LogP contribution in [0.15, 0.2) is 47.5 Å². The Kier molecular flexibility index (Phi) is 6.62. The van der Waals surface area contributed by atoms with E-state index in [1.54, 1.807) is 12.3 Å². The minimum Gasteiger partial charge on any atom is -0.393 e. The van der Waals surface area contributed by atoms with Crippen LogP contribution in [-0.4, -0.2) is 62.9 Å². The van der Waals surface area contributed by atoms with Crippen molar-refractivity contribution in [2.24, 2.45) is 5.92 Å². The molecule has 0 radical (unpaired) electrons. The topological polar surface area (TPSA) is 77.2 Å². The molecule has 4 heterocycles. The molecule has 0 amide bonds. The van der Waals surface area contributed by atoms with Crippen LogP contribution in [0, 0.1) is 5.92 Å². The second-order valence-corrected chi connectivity index (χ2v) is 11.7. The Labute approximate surface area is 225 Å². The Morgan fingerprint density at radius 1 is 1.18 bits per heavy atom. The number of halogens is 3. The molecule has 2 aliphatic heterocycles. The molecule has 3 N–H and O–H groups in total. The summed E-state index contributed by atoms with van der Waals surface area (Å²) in [5.74, 6) is 0.496.